The van der Waals surface area contributed by atoms with Crippen molar-refractivity contribution in [2.45, 2.75) is 52.9 Å². The molecule has 0 saturated carbocycles. The molecule has 80 valence electrons. The van der Waals surface area contributed by atoms with Crippen molar-refractivity contribution in [3.8, 4) is 0 Å². The Kier molecular flexibility index (Phi) is 9.61. The third kappa shape index (κ3) is 9.24. The predicted octanol–water partition coefficient (Wildman–Crippen LogP) is 4.37. The van der Waals surface area contributed by atoms with E-state index in [0.29, 0.717) is 0 Å². The maximum atomic E-state index is 3.88. The summed E-state index contributed by atoms with van der Waals surface area (Å²) in [5.74, 6) is 0. The predicted molar refractivity (Wildman–Crippen MR) is 63.4 cm³/mol. The maximum Gasteiger partial charge on any atom is 0.0297 e. The van der Waals surface area contributed by atoms with Gasteiger partial charge >= 0.3 is 0 Å². The maximum absolute atomic E-state index is 3.88. The van der Waals surface area contributed by atoms with Crippen LogP contribution in [-0.4, -0.2) is 4.98 Å². The van der Waals surface area contributed by atoms with E-state index in [1.807, 2.05) is 25.3 Å². The van der Waals surface area contributed by atoms with Crippen LogP contribution in [0.25, 0.3) is 0 Å². The number of hydrogen-bond acceptors (Lipinski definition) is 1. The lowest BCUT2D eigenvalue weighted by Crippen LogP contribution is -1.70. The Bertz CT molecular complexity index is 190. The molecule has 0 unspecified atom stereocenters. The molecule has 0 saturated heterocycles. The average molecular weight is 193 g/mol. The zero-order chi connectivity index (χ0) is 10.6. The second-order valence-electron chi connectivity index (χ2n) is 3.59. The number of aromatic nitrogens is 1. The zero-order valence-corrected chi connectivity index (χ0v) is 9.79. The minimum Gasteiger partial charge on any atom is -0.264 e. The molecule has 1 aromatic heterocycles. The van der Waals surface area contributed by atoms with Crippen LogP contribution < -0.4 is 0 Å². The van der Waals surface area contributed by atoms with Crippen LogP contribution in [0.2, 0.25) is 0 Å². The molecule has 1 rings (SSSR count). The second-order valence-corrected chi connectivity index (χ2v) is 3.59. The second kappa shape index (κ2) is 10.2. The highest BCUT2D eigenvalue weighted by Gasteiger charge is 1.80. The Morgan fingerprint density at radius 3 is 2.00 bits per heavy atom. The van der Waals surface area contributed by atoms with Gasteiger partial charge in [-0.05, 0) is 18.6 Å². The van der Waals surface area contributed by atoms with Gasteiger partial charge in [0.1, 0.15) is 0 Å². The molecule has 1 nitrogen and oxygen atoms in total. The molecular formula is C13H23N. The lowest BCUT2D eigenvalue weighted by atomic mass is 10.2. The standard InChI is InChI=1S/C7H16.C6H7N/c1-3-5-7-6-4-2;1-6-3-2-4-7-5-6/h3-7H2,1-2H3;2-5H,1H3. The highest BCUT2D eigenvalue weighted by Crippen LogP contribution is 2.00. The summed E-state index contributed by atoms with van der Waals surface area (Å²) in [5.41, 5.74) is 1.21. The van der Waals surface area contributed by atoms with Gasteiger partial charge in [-0.15, -0.1) is 0 Å². The topological polar surface area (TPSA) is 12.9 Å². The van der Waals surface area contributed by atoms with E-state index in [-0.39, 0.29) is 0 Å². The summed E-state index contributed by atoms with van der Waals surface area (Å²) in [6, 6.07) is 3.95. The van der Waals surface area contributed by atoms with E-state index in [1.54, 1.807) is 6.20 Å². The summed E-state index contributed by atoms with van der Waals surface area (Å²) in [4.78, 5) is 3.88. The van der Waals surface area contributed by atoms with E-state index in [9.17, 15) is 0 Å². The molecule has 0 aliphatic carbocycles. The molecule has 14 heavy (non-hydrogen) atoms. The Labute approximate surface area is 88.6 Å². The number of pyridine rings is 1. The summed E-state index contributed by atoms with van der Waals surface area (Å²) in [6.07, 6.45) is 10.6. The molecule has 0 spiro atoms. The first kappa shape index (κ1) is 13.2. The monoisotopic (exact) mass is 193 g/mol. The van der Waals surface area contributed by atoms with Crippen LogP contribution in [0.5, 0.6) is 0 Å². The van der Waals surface area contributed by atoms with Gasteiger partial charge in [-0.3, -0.25) is 4.98 Å². The average Bonchev–Trinajstić information content (AvgIpc) is 2.21. The Balaban J connectivity index is 0.000000241. The minimum absolute atomic E-state index is 1.21. The van der Waals surface area contributed by atoms with Crippen LogP contribution in [0.1, 0.15) is 51.5 Å². The fourth-order valence-corrected chi connectivity index (χ4v) is 1.12. The van der Waals surface area contributed by atoms with Gasteiger partial charge in [0.2, 0.25) is 0 Å². The van der Waals surface area contributed by atoms with Crippen LogP contribution in [-0.2, 0) is 0 Å². The quantitative estimate of drug-likeness (QED) is 0.647. The fourth-order valence-electron chi connectivity index (χ4n) is 1.12. The Hall–Kier alpha value is -0.850. The smallest absolute Gasteiger partial charge is 0.0297 e. The summed E-state index contributed by atoms with van der Waals surface area (Å²) in [6.45, 7) is 6.51. The molecule has 0 N–H and O–H groups in total. The molecule has 0 aliphatic rings. The van der Waals surface area contributed by atoms with Gasteiger partial charge in [0.15, 0.2) is 0 Å². The highest BCUT2D eigenvalue weighted by molar-refractivity contribution is 5.04. The van der Waals surface area contributed by atoms with Crippen LogP contribution >= 0.6 is 0 Å². The lowest BCUT2D eigenvalue weighted by Gasteiger charge is -1.90. The molecule has 0 aromatic carbocycles. The summed E-state index contributed by atoms with van der Waals surface area (Å²) in [7, 11) is 0. The molecule has 0 aliphatic heterocycles. The molecule has 1 heterocycles. The van der Waals surface area contributed by atoms with Crippen molar-refractivity contribution in [1.82, 2.24) is 4.98 Å². The third-order valence-electron chi connectivity index (χ3n) is 2.02. The first-order valence-electron chi connectivity index (χ1n) is 5.67. The van der Waals surface area contributed by atoms with Crippen molar-refractivity contribution >= 4 is 0 Å². The van der Waals surface area contributed by atoms with Gasteiger partial charge in [-0.25, -0.2) is 0 Å². The first-order valence-corrected chi connectivity index (χ1v) is 5.67. The van der Waals surface area contributed by atoms with Crippen molar-refractivity contribution < 1.29 is 0 Å². The van der Waals surface area contributed by atoms with E-state index in [1.165, 1.54) is 37.7 Å². The largest absolute Gasteiger partial charge is 0.264 e. The number of hydrogen-bond donors (Lipinski definition) is 0. The Morgan fingerprint density at radius 1 is 1.07 bits per heavy atom. The van der Waals surface area contributed by atoms with Gasteiger partial charge in [0.25, 0.3) is 0 Å². The number of unbranched alkanes of at least 4 members (excludes halogenated alkanes) is 4. The first-order chi connectivity index (χ1) is 6.81. The molecule has 1 heteroatoms. The zero-order valence-electron chi connectivity index (χ0n) is 9.79. The summed E-state index contributed by atoms with van der Waals surface area (Å²) >= 11 is 0. The van der Waals surface area contributed by atoms with Gasteiger partial charge in [-0.2, -0.15) is 0 Å². The summed E-state index contributed by atoms with van der Waals surface area (Å²) < 4.78 is 0. The van der Waals surface area contributed by atoms with Crippen LogP contribution in [0, 0.1) is 6.92 Å². The van der Waals surface area contributed by atoms with E-state index in [4.69, 9.17) is 0 Å². The van der Waals surface area contributed by atoms with Crippen LogP contribution in [0.3, 0.4) is 0 Å². The van der Waals surface area contributed by atoms with Crippen molar-refractivity contribution in [2.75, 3.05) is 0 Å². The third-order valence-corrected chi connectivity index (χ3v) is 2.02. The molecule has 0 amide bonds. The molecule has 0 bridgehead atoms. The number of aryl methyl sites for hydroxylation is 1. The van der Waals surface area contributed by atoms with E-state index < -0.39 is 0 Å². The molecule has 0 fully saturated rings. The van der Waals surface area contributed by atoms with Gasteiger partial charge in [-0.1, -0.05) is 52.0 Å². The molecule has 0 atom stereocenters. The van der Waals surface area contributed by atoms with Crippen molar-refractivity contribution in [3.05, 3.63) is 30.1 Å². The van der Waals surface area contributed by atoms with E-state index in [2.05, 4.69) is 18.8 Å². The molecule has 1 aromatic rings. The molecular weight excluding hydrogens is 170 g/mol. The van der Waals surface area contributed by atoms with E-state index >= 15 is 0 Å². The van der Waals surface area contributed by atoms with Gasteiger partial charge < -0.3 is 0 Å². The van der Waals surface area contributed by atoms with Crippen LogP contribution in [0.15, 0.2) is 24.5 Å². The van der Waals surface area contributed by atoms with E-state index in [0.717, 1.165) is 0 Å². The highest BCUT2D eigenvalue weighted by atomic mass is 14.6. The van der Waals surface area contributed by atoms with Gasteiger partial charge in [0.05, 0.1) is 0 Å². The summed E-state index contributed by atoms with van der Waals surface area (Å²) in [5, 5.41) is 0. The normalized spacial score (nSPS) is 9.07. The SMILES string of the molecule is CCCCCCC.Cc1cccnc1. The van der Waals surface area contributed by atoms with Gasteiger partial charge in [0, 0.05) is 12.4 Å². The van der Waals surface area contributed by atoms with Crippen LogP contribution in [0.4, 0.5) is 0 Å². The minimum atomic E-state index is 1.21. The molecule has 0 radical (unpaired) electrons. The van der Waals surface area contributed by atoms with Crippen molar-refractivity contribution in [1.29, 1.82) is 0 Å². The lowest BCUT2D eigenvalue weighted by molar-refractivity contribution is 0.656. The Morgan fingerprint density at radius 2 is 1.71 bits per heavy atom. The van der Waals surface area contributed by atoms with Crippen molar-refractivity contribution in [2.24, 2.45) is 0 Å². The number of nitrogens with zero attached hydrogens (tertiary/aromatic N) is 1. The fraction of sp³-hybridized carbons (Fsp3) is 0.615. The number of rotatable bonds is 4. The van der Waals surface area contributed by atoms with Crippen molar-refractivity contribution in [3.63, 3.8) is 0 Å².